The first kappa shape index (κ1) is 26.5. The quantitative estimate of drug-likeness (QED) is 0.504. The Balaban J connectivity index is 1.32. The first-order chi connectivity index (χ1) is 19.2. The van der Waals surface area contributed by atoms with Crippen molar-refractivity contribution in [1.82, 2.24) is 19.4 Å². The van der Waals surface area contributed by atoms with Crippen LogP contribution in [-0.2, 0) is 6.54 Å². The van der Waals surface area contributed by atoms with Crippen LogP contribution in [0.2, 0.25) is 0 Å². The fraction of sp³-hybridized carbons (Fsp3) is 0.484. The van der Waals surface area contributed by atoms with E-state index in [2.05, 4.69) is 4.98 Å². The van der Waals surface area contributed by atoms with Gasteiger partial charge in [-0.05, 0) is 37.7 Å². The Labute approximate surface area is 233 Å². The van der Waals surface area contributed by atoms with E-state index in [1.807, 2.05) is 35.2 Å². The van der Waals surface area contributed by atoms with Gasteiger partial charge in [-0.2, -0.15) is 0 Å². The van der Waals surface area contributed by atoms with E-state index in [4.69, 9.17) is 4.42 Å². The largest absolute Gasteiger partial charge is 0.447 e. The van der Waals surface area contributed by atoms with Crippen LogP contribution >= 0.6 is 0 Å². The number of aliphatic hydroxyl groups is 1. The van der Waals surface area contributed by atoms with Crippen molar-refractivity contribution < 1.29 is 19.1 Å². The molecule has 9 heteroatoms. The minimum Gasteiger partial charge on any atom is -0.447 e. The maximum absolute atomic E-state index is 13.6. The molecule has 3 aliphatic rings. The van der Waals surface area contributed by atoms with Crippen LogP contribution in [0.15, 0.2) is 58.2 Å². The smallest absolute Gasteiger partial charge is 0.276 e. The second-order valence-electron chi connectivity index (χ2n) is 12.0. The van der Waals surface area contributed by atoms with Gasteiger partial charge < -0.3 is 23.9 Å². The molecule has 0 bridgehead atoms. The minimum absolute atomic E-state index is 0.0634. The predicted molar refractivity (Wildman–Crippen MR) is 149 cm³/mol. The molecule has 1 atom stereocenters. The topological polar surface area (TPSA) is 109 Å². The lowest BCUT2D eigenvalue weighted by atomic mass is 9.65. The summed E-state index contributed by atoms with van der Waals surface area (Å²) < 4.78 is 7.05. The maximum Gasteiger partial charge on any atom is 0.276 e. The summed E-state index contributed by atoms with van der Waals surface area (Å²) in [5, 5.41) is 12.3. The van der Waals surface area contributed by atoms with Gasteiger partial charge in [0.2, 0.25) is 0 Å². The Bertz CT molecular complexity index is 1480. The Morgan fingerprint density at radius 2 is 1.85 bits per heavy atom. The number of rotatable bonds is 6. The highest BCUT2D eigenvalue weighted by Crippen LogP contribution is 2.52. The lowest BCUT2D eigenvalue weighted by molar-refractivity contribution is -0.135. The summed E-state index contributed by atoms with van der Waals surface area (Å²) >= 11 is 0. The molecule has 0 radical (unpaired) electrons. The van der Waals surface area contributed by atoms with Crippen LogP contribution in [0.5, 0.6) is 0 Å². The van der Waals surface area contributed by atoms with E-state index in [0.29, 0.717) is 42.1 Å². The van der Waals surface area contributed by atoms with E-state index < -0.39 is 11.0 Å². The van der Waals surface area contributed by atoms with Crippen molar-refractivity contribution in [1.29, 1.82) is 0 Å². The number of benzene rings is 1. The van der Waals surface area contributed by atoms with E-state index in [0.717, 1.165) is 44.1 Å². The number of carbonyl (C=O) groups is 2. The molecule has 3 fully saturated rings. The molecule has 1 aromatic carbocycles. The van der Waals surface area contributed by atoms with Crippen LogP contribution in [0.3, 0.4) is 0 Å². The first-order valence-corrected chi connectivity index (χ1v) is 14.2. The van der Waals surface area contributed by atoms with Crippen LogP contribution in [0.4, 0.5) is 0 Å². The molecule has 1 unspecified atom stereocenters. The van der Waals surface area contributed by atoms with Gasteiger partial charge in [-0.1, -0.05) is 43.2 Å². The Morgan fingerprint density at radius 1 is 1.12 bits per heavy atom. The van der Waals surface area contributed by atoms with Crippen molar-refractivity contribution in [3.8, 4) is 11.1 Å². The summed E-state index contributed by atoms with van der Waals surface area (Å²) in [5.74, 6) is 0.588. The Kier molecular flexibility index (Phi) is 6.65. The van der Waals surface area contributed by atoms with Gasteiger partial charge in [0.05, 0.1) is 17.7 Å². The fourth-order valence-corrected chi connectivity index (χ4v) is 6.72. The molecule has 1 N–H and O–H groups in total. The number of nitrogens with zero attached hydrogens (tertiary/aromatic N) is 4. The Hall–Kier alpha value is -3.72. The van der Waals surface area contributed by atoms with Crippen LogP contribution in [-0.4, -0.2) is 69.1 Å². The summed E-state index contributed by atoms with van der Waals surface area (Å²) in [6.07, 6.45) is 8.74. The zero-order valence-corrected chi connectivity index (χ0v) is 23.1. The first-order valence-electron chi connectivity index (χ1n) is 14.2. The molecule has 3 heterocycles. The number of hydrogen-bond acceptors (Lipinski definition) is 6. The SMILES string of the molecule is CN(C)C(=O)c1cn(CC2(O)CCN(C(=O)c3ncoc3C3CC3)CC23CCCC3)c(=O)cc1-c1ccccc1. The molecule has 6 rings (SSSR count). The molecular weight excluding hydrogens is 508 g/mol. The fourth-order valence-electron chi connectivity index (χ4n) is 6.72. The third-order valence-electron chi connectivity index (χ3n) is 9.15. The number of piperidine rings is 1. The predicted octanol–water partition coefficient (Wildman–Crippen LogP) is 3.92. The van der Waals surface area contributed by atoms with Crippen molar-refractivity contribution in [2.45, 2.75) is 63.0 Å². The molecule has 3 aromatic rings. The molecule has 1 spiro atoms. The highest BCUT2D eigenvalue weighted by molar-refractivity contribution is 6.00. The molecule has 2 aliphatic carbocycles. The lowest BCUT2D eigenvalue weighted by Crippen LogP contribution is -2.62. The minimum atomic E-state index is -1.21. The van der Waals surface area contributed by atoms with Gasteiger partial charge in [-0.25, -0.2) is 4.98 Å². The Morgan fingerprint density at radius 3 is 2.52 bits per heavy atom. The summed E-state index contributed by atoms with van der Waals surface area (Å²) in [6.45, 7) is 0.821. The summed E-state index contributed by atoms with van der Waals surface area (Å²) in [6, 6.07) is 10.9. The second-order valence-corrected chi connectivity index (χ2v) is 12.0. The summed E-state index contributed by atoms with van der Waals surface area (Å²) in [7, 11) is 3.37. The van der Waals surface area contributed by atoms with Crippen molar-refractivity contribution >= 4 is 11.8 Å². The number of likely N-dealkylation sites (tertiary alicyclic amines) is 1. The monoisotopic (exact) mass is 544 g/mol. The van der Waals surface area contributed by atoms with Gasteiger partial charge in [-0.3, -0.25) is 14.4 Å². The van der Waals surface area contributed by atoms with Gasteiger partial charge in [0.1, 0.15) is 5.76 Å². The highest BCUT2D eigenvalue weighted by Gasteiger charge is 2.56. The average molecular weight is 545 g/mol. The molecule has 40 heavy (non-hydrogen) atoms. The molecule has 9 nitrogen and oxygen atoms in total. The van der Waals surface area contributed by atoms with Crippen LogP contribution < -0.4 is 5.56 Å². The molecule has 1 saturated heterocycles. The van der Waals surface area contributed by atoms with Crippen LogP contribution in [0, 0.1) is 5.41 Å². The van der Waals surface area contributed by atoms with Gasteiger partial charge in [0.25, 0.3) is 17.4 Å². The average Bonchev–Trinajstić information content (AvgIpc) is 3.47. The zero-order valence-electron chi connectivity index (χ0n) is 23.1. The van der Waals surface area contributed by atoms with Crippen molar-refractivity contribution in [3.63, 3.8) is 0 Å². The number of oxazole rings is 1. The third-order valence-corrected chi connectivity index (χ3v) is 9.15. The summed E-state index contributed by atoms with van der Waals surface area (Å²) in [5.41, 5.74) is 0.126. The van der Waals surface area contributed by atoms with E-state index in [9.17, 15) is 19.5 Å². The van der Waals surface area contributed by atoms with Crippen LogP contribution in [0.1, 0.15) is 77.5 Å². The highest BCUT2D eigenvalue weighted by atomic mass is 16.3. The number of hydrogen-bond donors (Lipinski definition) is 1. The summed E-state index contributed by atoms with van der Waals surface area (Å²) in [4.78, 5) is 47.8. The number of amides is 2. The normalized spacial score (nSPS) is 22.0. The molecule has 1 aliphatic heterocycles. The van der Waals surface area contributed by atoms with Crippen molar-refractivity contribution in [2.75, 3.05) is 27.2 Å². The molecule has 2 amide bonds. The lowest BCUT2D eigenvalue weighted by Gasteiger charge is -2.52. The molecule has 2 aromatic heterocycles. The van der Waals surface area contributed by atoms with Gasteiger partial charge >= 0.3 is 0 Å². The number of carbonyl (C=O) groups excluding carboxylic acids is 2. The zero-order chi connectivity index (χ0) is 28.1. The maximum atomic E-state index is 13.6. The number of pyridine rings is 1. The van der Waals surface area contributed by atoms with Gasteiger partial charge in [0.15, 0.2) is 12.1 Å². The number of aromatic nitrogens is 2. The molecular formula is C31H36N4O5. The van der Waals surface area contributed by atoms with Crippen LogP contribution in [0.25, 0.3) is 11.1 Å². The van der Waals surface area contributed by atoms with E-state index in [1.165, 1.54) is 21.9 Å². The third kappa shape index (κ3) is 4.56. The van der Waals surface area contributed by atoms with Crippen molar-refractivity contribution in [2.24, 2.45) is 5.41 Å². The van der Waals surface area contributed by atoms with E-state index in [-0.39, 0.29) is 29.8 Å². The van der Waals surface area contributed by atoms with Gasteiger partial charge in [0, 0.05) is 56.3 Å². The molecule has 2 saturated carbocycles. The van der Waals surface area contributed by atoms with Gasteiger partial charge in [-0.15, -0.1) is 0 Å². The second kappa shape index (κ2) is 10.0. The molecule has 210 valence electrons. The van der Waals surface area contributed by atoms with Crippen molar-refractivity contribution in [3.05, 3.63) is 76.4 Å². The van der Waals surface area contributed by atoms with E-state index in [1.54, 1.807) is 20.3 Å². The van der Waals surface area contributed by atoms with E-state index >= 15 is 0 Å². The standard InChI is InChI=1S/C31H36N4O5/c1-33(2)28(37)24-17-35(25(36)16-23(24)21-8-4-3-5-9-21)19-31(39)14-15-34(18-30(31)12-6-7-13-30)29(38)26-27(22-10-11-22)40-20-32-26/h3-5,8-9,16-17,20,22,39H,6-7,10-15,18-19H2,1-2H3.